The van der Waals surface area contributed by atoms with E-state index in [4.69, 9.17) is 4.74 Å². The molecule has 0 aliphatic heterocycles. The second kappa shape index (κ2) is 5.77. The number of benzene rings is 1. The predicted octanol–water partition coefficient (Wildman–Crippen LogP) is 4.21. The van der Waals surface area contributed by atoms with Gasteiger partial charge < -0.3 is 9.84 Å². The summed E-state index contributed by atoms with van der Waals surface area (Å²) in [5.41, 5.74) is 1.03. The van der Waals surface area contributed by atoms with Crippen LogP contribution < -0.4 is 4.74 Å². The monoisotopic (exact) mass is 276 g/mol. The Morgan fingerprint density at radius 2 is 1.80 bits per heavy atom. The van der Waals surface area contributed by atoms with Gasteiger partial charge in [-0.3, -0.25) is 0 Å². The highest BCUT2D eigenvalue weighted by molar-refractivity contribution is 5.27. The number of rotatable bonds is 4. The summed E-state index contributed by atoms with van der Waals surface area (Å²) in [7, 11) is 1.69. The van der Waals surface area contributed by atoms with Gasteiger partial charge in [0.25, 0.3) is 0 Å². The molecular formula is C18H28O2. The SMILES string of the molecule is COc1ccc(CCC2C(C)(C)CCCC2(C)O)cc1. The molecule has 1 aliphatic carbocycles. The van der Waals surface area contributed by atoms with Crippen LogP contribution in [0, 0.1) is 11.3 Å². The summed E-state index contributed by atoms with van der Waals surface area (Å²) in [6, 6.07) is 8.28. The van der Waals surface area contributed by atoms with Crippen LogP contribution in [0.1, 0.15) is 52.0 Å². The molecule has 2 heteroatoms. The van der Waals surface area contributed by atoms with Gasteiger partial charge in [0.2, 0.25) is 0 Å². The van der Waals surface area contributed by atoms with Gasteiger partial charge in [-0.15, -0.1) is 0 Å². The summed E-state index contributed by atoms with van der Waals surface area (Å²) in [4.78, 5) is 0. The van der Waals surface area contributed by atoms with Crippen molar-refractivity contribution in [3.05, 3.63) is 29.8 Å². The lowest BCUT2D eigenvalue weighted by atomic mass is 9.60. The summed E-state index contributed by atoms with van der Waals surface area (Å²) >= 11 is 0. The molecule has 1 fully saturated rings. The second-order valence-electron chi connectivity index (χ2n) is 7.14. The molecule has 1 aromatic carbocycles. The summed E-state index contributed by atoms with van der Waals surface area (Å²) in [6.45, 7) is 6.63. The van der Waals surface area contributed by atoms with E-state index < -0.39 is 5.60 Å². The molecule has 0 radical (unpaired) electrons. The molecule has 1 aliphatic rings. The molecule has 1 saturated carbocycles. The van der Waals surface area contributed by atoms with E-state index in [0.29, 0.717) is 5.92 Å². The maximum Gasteiger partial charge on any atom is 0.118 e. The molecule has 20 heavy (non-hydrogen) atoms. The Morgan fingerprint density at radius 3 is 2.35 bits per heavy atom. The van der Waals surface area contributed by atoms with E-state index in [-0.39, 0.29) is 5.41 Å². The molecule has 0 heterocycles. The van der Waals surface area contributed by atoms with E-state index in [1.807, 2.05) is 19.1 Å². The van der Waals surface area contributed by atoms with Crippen molar-refractivity contribution in [2.45, 2.75) is 58.5 Å². The van der Waals surface area contributed by atoms with E-state index in [1.165, 1.54) is 12.0 Å². The smallest absolute Gasteiger partial charge is 0.118 e. The first kappa shape index (κ1) is 15.4. The molecule has 2 atom stereocenters. The number of hydrogen-bond donors (Lipinski definition) is 1. The number of aliphatic hydroxyl groups is 1. The lowest BCUT2D eigenvalue weighted by Gasteiger charge is -2.48. The Hall–Kier alpha value is -1.02. The van der Waals surface area contributed by atoms with Gasteiger partial charge in [0, 0.05) is 0 Å². The highest BCUT2D eigenvalue weighted by Crippen LogP contribution is 2.48. The summed E-state index contributed by atoms with van der Waals surface area (Å²) in [6.07, 6.45) is 5.36. The third-order valence-electron chi connectivity index (χ3n) is 5.08. The third-order valence-corrected chi connectivity index (χ3v) is 5.08. The zero-order valence-corrected chi connectivity index (χ0v) is 13.3. The molecule has 0 saturated heterocycles. The number of aryl methyl sites for hydroxylation is 1. The second-order valence-corrected chi connectivity index (χ2v) is 7.14. The average Bonchev–Trinajstić information content (AvgIpc) is 2.37. The van der Waals surface area contributed by atoms with Gasteiger partial charge in [-0.2, -0.15) is 0 Å². The minimum atomic E-state index is -0.520. The van der Waals surface area contributed by atoms with E-state index in [2.05, 4.69) is 26.0 Å². The predicted molar refractivity (Wildman–Crippen MR) is 83.1 cm³/mol. The first-order valence-electron chi connectivity index (χ1n) is 7.70. The minimum absolute atomic E-state index is 0.230. The molecule has 2 rings (SSSR count). The fourth-order valence-electron chi connectivity index (χ4n) is 3.90. The standard InChI is InChI=1S/C18H28O2/c1-17(2)12-5-13-18(3,19)16(17)11-8-14-6-9-15(20-4)10-7-14/h6-7,9-10,16,19H,5,8,11-13H2,1-4H3. The third kappa shape index (κ3) is 3.35. The highest BCUT2D eigenvalue weighted by atomic mass is 16.5. The molecule has 0 spiro atoms. The first-order valence-corrected chi connectivity index (χ1v) is 7.70. The highest BCUT2D eigenvalue weighted by Gasteiger charge is 2.44. The molecule has 112 valence electrons. The molecule has 0 bridgehead atoms. The first-order chi connectivity index (χ1) is 9.35. The van der Waals surface area contributed by atoms with Crippen LogP contribution in [-0.2, 0) is 6.42 Å². The Labute approximate surface area is 123 Å². The molecule has 2 nitrogen and oxygen atoms in total. The van der Waals surface area contributed by atoms with Crippen molar-refractivity contribution in [3.63, 3.8) is 0 Å². The fraction of sp³-hybridized carbons (Fsp3) is 0.667. The Kier molecular flexibility index (Phi) is 4.43. The number of ether oxygens (including phenoxy) is 1. The number of methoxy groups -OCH3 is 1. The maximum atomic E-state index is 10.7. The van der Waals surface area contributed by atoms with Crippen molar-refractivity contribution in [1.82, 2.24) is 0 Å². The topological polar surface area (TPSA) is 29.5 Å². The normalized spacial score (nSPS) is 29.1. The van der Waals surface area contributed by atoms with Crippen LogP contribution in [0.25, 0.3) is 0 Å². The van der Waals surface area contributed by atoms with Crippen LogP contribution in [0.3, 0.4) is 0 Å². The van der Waals surface area contributed by atoms with Crippen LogP contribution in [0.5, 0.6) is 5.75 Å². The van der Waals surface area contributed by atoms with Gasteiger partial charge in [-0.05, 0) is 61.6 Å². The largest absolute Gasteiger partial charge is 0.497 e. The molecule has 1 aromatic rings. The van der Waals surface area contributed by atoms with Crippen molar-refractivity contribution >= 4 is 0 Å². The van der Waals surface area contributed by atoms with Gasteiger partial charge in [0.1, 0.15) is 5.75 Å². The van der Waals surface area contributed by atoms with E-state index in [1.54, 1.807) is 7.11 Å². The minimum Gasteiger partial charge on any atom is -0.497 e. The van der Waals surface area contributed by atoms with Crippen LogP contribution in [0.15, 0.2) is 24.3 Å². The Balaban J connectivity index is 2.03. The van der Waals surface area contributed by atoms with Crippen molar-refractivity contribution in [2.75, 3.05) is 7.11 Å². The molecule has 0 amide bonds. The molecule has 2 unspecified atom stereocenters. The van der Waals surface area contributed by atoms with E-state index >= 15 is 0 Å². The molecule has 0 aromatic heterocycles. The lowest BCUT2D eigenvalue weighted by molar-refractivity contribution is -0.0918. The van der Waals surface area contributed by atoms with Crippen LogP contribution >= 0.6 is 0 Å². The lowest BCUT2D eigenvalue weighted by Crippen LogP contribution is -2.47. The average molecular weight is 276 g/mol. The zero-order chi connectivity index (χ0) is 14.8. The van der Waals surface area contributed by atoms with Gasteiger partial charge in [0.05, 0.1) is 12.7 Å². The van der Waals surface area contributed by atoms with Crippen LogP contribution in [-0.4, -0.2) is 17.8 Å². The molecular weight excluding hydrogens is 248 g/mol. The maximum absolute atomic E-state index is 10.7. The fourth-order valence-corrected chi connectivity index (χ4v) is 3.90. The quantitative estimate of drug-likeness (QED) is 0.893. The Bertz CT molecular complexity index is 415. The van der Waals surface area contributed by atoms with Crippen molar-refractivity contribution < 1.29 is 9.84 Å². The summed E-state index contributed by atoms with van der Waals surface area (Å²) in [5, 5.41) is 10.7. The van der Waals surface area contributed by atoms with Crippen LogP contribution in [0.4, 0.5) is 0 Å². The van der Waals surface area contributed by atoms with Crippen molar-refractivity contribution in [1.29, 1.82) is 0 Å². The van der Waals surface area contributed by atoms with Gasteiger partial charge in [0.15, 0.2) is 0 Å². The van der Waals surface area contributed by atoms with Gasteiger partial charge in [-0.25, -0.2) is 0 Å². The van der Waals surface area contributed by atoms with E-state index in [9.17, 15) is 5.11 Å². The van der Waals surface area contributed by atoms with E-state index in [0.717, 1.165) is 31.4 Å². The van der Waals surface area contributed by atoms with Crippen LogP contribution in [0.2, 0.25) is 0 Å². The van der Waals surface area contributed by atoms with Crippen molar-refractivity contribution in [3.8, 4) is 5.75 Å². The summed E-state index contributed by atoms with van der Waals surface area (Å²) in [5.74, 6) is 1.27. The molecule has 1 N–H and O–H groups in total. The van der Waals surface area contributed by atoms with Gasteiger partial charge >= 0.3 is 0 Å². The van der Waals surface area contributed by atoms with Gasteiger partial charge in [-0.1, -0.05) is 32.4 Å². The summed E-state index contributed by atoms with van der Waals surface area (Å²) < 4.78 is 5.19. The Morgan fingerprint density at radius 1 is 1.15 bits per heavy atom. The number of hydrogen-bond acceptors (Lipinski definition) is 2. The zero-order valence-electron chi connectivity index (χ0n) is 13.3. The van der Waals surface area contributed by atoms with Crippen molar-refractivity contribution in [2.24, 2.45) is 11.3 Å².